The Balaban J connectivity index is 2.37. The van der Waals surface area contributed by atoms with Gasteiger partial charge in [0.05, 0.1) is 5.56 Å². The first-order chi connectivity index (χ1) is 8.06. The van der Waals surface area contributed by atoms with Crippen molar-refractivity contribution in [3.05, 3.63) is 28.4 Å². The van der Waals surface area contributed by atoms with Crippen molar-refractivity contribution in [3.8, 4) is 0 Å². The SMILES string of the molecule is Cc1ccc(C(=O)O)c(Sc2nnc(C)s2)n1. The van der Waals surface area contributed by atoms with Crippen molar-refractivity contribution >= 4 is 29.1 Å². The third-order valence-electron chi connectivity index (χ3n) is 1.92. The minimum atomic E-state index is -0.985. The van der Waals surface area contributed by atoms with Crippen LogP contribution in [0.5, 0.6) is 0 Å². The first kappa shape index (κ1) is 12.0. The van der Waals surface area contributed by atoms with Crippen molar-refractivity contribution in [2.45, 2.75) is 23.2 Å². The Kier molecular flexibility index (Phi) is 3.39. The molecule has 7 heteroatoms. The molecule has 5 nitrogen and oxygen atoms in total. The van der Waals surface area contributed by atoms with Gasteiger partial charge in [0, 0.05) is 5.69 Å². The lowest BCUT2D eigenvalue weighted by atomic mass is 10.2. The fourth-order valence-corrected chi connectivity index (χ4v) is 3.06. The first-order valence-corrected chi connectivity index (χ1v) is 6.38. The maximum Gasteiger partial charge on any atom is 0.338 e. The van der Waals surface area contributed by atoms with Gasteiger partial charge in [0.2, 0.25) is 0 Å². The van der Waals surface area contributed by atoms with E-state index in [1.807, 2.05) is 13.8 Å². The van der Waals surface area contributed by atoms with Gasteiger partial charge in [0.1, 0.15) is 10.0 Å². The monoisotopic (exact) mass is 267 g/mol. The van der Waals surface area contributed by atoms with Crippen LogP contribution in [0.15, 0.2) is 21.5 Å². The van der Waals surface area contributed by atoms with Gasteiger partial charge < -0.3 is 5.11 Å². The number of hydrogen-bond donors (Lipinski definition) is 1. The van der Waals surface area contributed by atoms with Crippen molar-refractivity contribution in [2.24, 2.45) is 0 Å². The summed E-state index contributed by atoms with van der Waals surface area (Å²) in [6.45, 7) is 3.67. The number of hydrogen-bond acceptors (Lipinski definition) is 6. The largest absolute Gasteiger partial charge is 0.478 e. The van der Waals surface area contributed by atoms with Gasteiger partial charge in [-0.3, -0.25) is 0 Å². The van der Waals surface area contributed by atoms with Gasteiger partial charge in [-0.05, 0) is 37.7 Å². The second-order valence-corrected chi connectivity index (χ2v) is 5.72. The fraction of sp³-hybridized carbons (Fsp3) is 0.200. The summed E-state index contributed by atoms with van der Waals surface area (Å²) < 4.78 is 0.697. The van der Waals surface area contributed by atoms with E-state index in [9.17, 15) is 4.79 Å². The minimum Gasteiger partial charge on any atom is -0.478 e. The number of aryl methyl sites for hydroxylation is 2. The number of aromatic carboxylic acids is 1. The average Bonchev–Trinajstić information content (AvgIpc) is 2.63. The van der Waals surface area contributed by atoms with E-state index in [1.54, 1.807) is 12.1 Å². The standard InChI is InChI=1S/C10H9N3O2S2/c1-5-3-4-7(9(14)15)8(11-5)17-10-13-12-6(2)16-10/h3-4H,1-2H3,(H,14,15). The number of pyridine rings is 1. The summed E-state index contributed by atoms with van der Waals surface area (Å²) in [5, 5.41) is 18.2. The number of carboxylic acid groups (broad SMARTS) is 1. The second kappa shape index (κ2) is 4.80. The van der Waals surface area contributed by atoms with E-state index in [1.165, 1.54) is 23.1 Å². The molecule has 0 bridgehead atoms. The van der Waals surface area contributed by atoms with E-state index in [4.69, 9.17) is 5.11 Å². The zero-order valence-electron chi connectivity index (χ0n) is 9.17. The summed E-state index contributed by atoms with van der Waals surface area (Å²) in [6, 6.07) is 3.24. The van der Waals surface area contributed by atoms with Gasteiger partial charge in [-0.1, -0.05) is 11.3 Å². The maximum absolute atomic E-state index is 11.0. The Labute approximate surface area is 106 Å². The highest BCUT2D eigenvalue weighted by Gasteiger charge is 2.14. The topological polar surface area (TPSA) is 76.0 Å². The first-order valence-electron chi connectivity index (χ1n) is 4.75. The second-order valence-electron chi connectivity index (χ2n) is 3.30. The van der Waals surface area contributed by atoms with Crippen molar-refractivity contribution in [1.82, 2.24) is 15.2 Å². The van der Waals surface area contributed by atoms with Crippen LogP contribution in [0.1, 0.15) is 21.1 Å². The summed E-state index contributed by atoms with van der Waals surface area (Å²) in [5.41, 5.74) is 0.965. The van der Waals surface area contributed by atoms with Crippen molar-refractivity contribution in [2.75, 3.05) is 0 Å². The molecule has 2 aromatic heterocycles. The third kappa shape index (κ3) is 2.80. The molecule has 2 rings (SSSR count). The molecule has 0 atom stereocenters. The molecule has 0 aliphatic rings. The smallest absolute Gasteiger partial charge is 0.338 e. The van der Waals surface area contributed by atoms with Crippen LogP contribution in [0.2, 0.25) is 0 Å². The van der Waals surface area contributed by atoms with Gasteiger partial charge in [-0.15, -0.1) is 10.2 Å². The molecule has 1 N–H and O–H groups in total. The number of carboxylic acids is 1. The molecular formula is C10H9N3O2S2. The van der Waals surface area contributed by atoms with Crippen LogP contribution in [-0.2, 0) is 0 Å². The molecule has 0 radical (unpaired) electrons. The average molecular weight is 267 g/mol. The van der Waals surface area contributed by atoms with Crippen LogP contribution in [0.3, 0.4) is 0 Å². The quantitative estimate of drug-likeness (QED) is 0.920. The van der Waals surface area contributed by atoms with E-state index in [0.717, 1.165) is 10.7 Å². The van der Waals surface area contributed by atoms with E-state index in [2.05, 4.69) is 15.2 Å². The molecule has 17 heavy (non-hydrogen) atoms. The molecule has 2 heterocycles. The van der Waals surface area contributed by atoms with Gasteiger partial charge in [-0.2, -0.15) is 0 Å². The van der Waals surface area contributed by atoms with Crippen LogP contribution in [0, 0.1) is 13.8 Å². The highest BCUT2D eigenvalue weighted by Crippen LogP contribution is 2.31. The van der Waals surface area contributed by atoms with Crippen molar-refractivity contribution in [1.29, 1.82) is 0 Å². The molecule has 0 saturated heterocycles. The number of aromatic nitrogens is 3. The van der Waals surface area contributed by atoms with Gasteiger partial charge in [0.25, 0.3) is 0 Å². The zero-order valence-corrected chi connectivity index (χ0v) is 10.8. The summed E-state index contributed by atoms with van der Waals surface area (Å²) in [7, 11) is 0. The van der Waals surface area contributed by atoms with E-state index < -0.39 is 5.97 Å². The van der Waals surface area contributed by atoms with Gasteiger partial charge >= 0.3 is 5.97 Å². The summed E-state index contributed by atoms with van der Waals surface area (Å²) in [6.07, 6.45) is 0. The summed E-state index contributed by atoms with van der Waals surface area (Å²) in [4.78, 5) is 15.3. The van der Waals surface area contributed by atoms with Crippen molar-refractivity contribution in [3.63, 3.8) is 0 Å². The minimum absolute atomic E-state index is 0.188. The Bertz CT molecular complexity index is 568. The summed E-state index contributed by atoms with van der Waals surface area (Å²) >= 11 is 2.65. The maximum atomic E-state index is 11.0. The molecule has 0 aliphatic carbocycles. The lowest BCUT2D eigenvalue weighted by Gasteiger charge is -2.03. The van der Waals surface area contributed by atoms with Crippen LogP contribution in [-0.4, -0.2) is 26.3 Å². The van der Waals surface area contributed by atoms with Crippen LogP contribution >= 0.6 is 23.1 Å². The molecule has 0 amide bonds. The highest BCUT2D eigenvalue weighted by atomic mass is 32.2. The Morgan fingerprint density at radius 1 is 1.35 bits per heavy atom. The molecule has 0 saturated carbocycles. The molecule has 0 aromatic carbocycles. The normalized spacial score (nSPS) is 10.5. The fourth-order valence-electron chi connectivity index (χ4n) is 1.18. The number of nitrogens with zero attached hydrogens (tertiary/aromatic N) is 3. The van der Waals surface area contributed by atoms with Crippen molar-refractivity contribution < 1.29 is 9.90 Å². The summed E-state index contributed by atoms with van der Waals surface area (Å²) in [5.74, 6) is -0.985. The molecule has 0 aliphatic heterocycles. The predicted molar refractivity (Wildman–Crippen MR) is 64.7 cm³/mol. The zero-order chi connectivity index (χ0) is 12.4. The Hall–Kier alpha value is -1.47. The molecule has 2 aromatic rings. The highest BCUT2D eigenvalue weighted by molar-refractivity contribution is 8.01. The Morgan fingerprint density at radius 2 is 2.12 bits per heavy atom. The van der Waals surface area contributed by atoms with Crippen LogP contribution in [0.25, 0.3) is 0 Å². The lowest BCUT2D eigenvalue weighted by Crippen LogP contribution is -2.01. The molecule has 0 fully saturated rings. The lowest BCUT2D eigenvalue weighted by molar-refractivity contribution is 0.0692. The number of rotatable bonds is 3. The van der Waals surface area contributed by atoms with Crippen LogP contribution < -0.4 is 0 Å². The molecule has 0 unspecified atom stereocenters. The third-order valence-corrected chi connectivity index (χ3v) is 3.82. The van der Waals surface area contributed by atoms with E-state index in [0.29, 0.717) is 9.37 Å². The number of carbonyl (C=O) groups is 1. The van der Waals surface area contributed by atoms with E-state index in [-0.39, 0.29) is 5.56 Å². The van der Waals surface area contributed by atoms with Crippen LogP contribution in [0.4, 0.5) is 0 Å². The van der Waals surface area contributed by atoms with E-state index >= 15 is 0 Å². The predicted octanol–water partition coefficient (Wildman–Crippen LogP) is 2.40. The van der Waals surface area contributed by atoms with Gasteiger partial charge in [0.15, 0.2) is 4.34 Å². The molecular weight excluding hydrogens is 258 g/mol. The molecule has 88 valence electrons. The Morgan fingerprint density at radius 3 is 2.71 bits per heavy atom. The van der Waals surface area contributed by atoms with Gasteiger partial charge in [-0.25, -0.2) is 9.78 Å². The molecule has 0 spiro atoms.